The van der Waals surface area contributed by atoms with Crippen molar-refractivity contribution in [2.45, 2.75) is 148 Å². The Balaban J connectivity index is 1.90. The predicted molar refractivity (Wildman–Crippen MR) is 240 cm³/mol. The van der Waals surface area contributed by atoms with E-state index in [0.717, 1.165) is 42.6 Å². The Bertz CT molecular complexity index is 1760. The molecular weight excluding hydrogens is 825 g/mol. The van der Waals surface area contributed by atoms with Crippen LogP contribution in [0.15, 0.2) is 78.4 Å². The number of aliphatic carboxylic acids is 1. The highest BCUT2D eigenvalue weighted by atomic mass is 16.6. The number of carbonyl (C=O) groups is 4. The highest BCUT2D eigenvalue weighted by molar-refractivity contribution is 5.83. The molecule has 1 unspecified atom stereocenters. The molecular formula is C50H72O14. The molecule has 0 bridgehead atoms. The van der Waals surface area contributed by atoms with Crippen LogP contribution in [0.1, 0.15) is 116 Å². The number of unbranched alkanes of at least 4 members (excludes halogenated alkanes) is 4. The molecule has 0 saturated heterocycles. The van der Waals surface area contributed by atoms with Crippen LogP contribution in [-0.2, 0) is 60.8 Å². The molecule has 14 nitrogen and oxygen atoms in total. The molecule has 1 aliphatic carbocycles. The molecule has 6 atom stereocenters. The molecule has 3 N–H and O–H groups in total. The molecule has 1 aliphatic rings. The van der Waals surface area contributed by atoms with Gasteiger partial charge in [0, 0.05) is 43.6 Å². The second kappa shape index (κ2) is 28.3. The standard InChI is InChI=1S/C50H72O14/c1-7-8-9-10-14-18-46(55)64-48-40(31-47(56)59-6)29-39(30-43(36(2)62-34-37-16-12-11-13-17-37)63-35-38-19-21-42(58-5)22-20-38)33-50(48,57)49(3,4)25-23-45(54)61-27-15-26-60-28-24-41(51)32-44(52)53/h11-13,16-17,19-23,25,31,36,39,41,43,48,51,57H,7-10,14-15,18,24,26-30,32-35H2,1-6H3,(H,52,53)/b25-23+,40-31+/t36-,39?,41-,43-,48+,50+/m1/s1. The third-order valence-electron chi connectivity index (χ3n) is 11.6. The van der Waals surface area contributed by atoms with Gasteiger partial charge in [-0.3, -0.25) is 9.59 Å². The Hall–Kier alpha value is -4.60. The van der Waals surface area contributed by atoms with E-state index in [4.69, 9.17) is 38.3 Å². The number of rotatable bonds is 30. The molecule has 64 heavy (non-hydrogen) atoms. The monoisotopic (exact) mass is 896 g/mol. The quantitative estimate of drug-likeness (QED) is 0.0297. The Morgan fingerprint density at radius 3 is 2.23 bits per heavy atom. The topological polar surface area (TPSA) is 194 Å². The minimum atomic E-state index is -1.84. The molecule has 1 saturated carbocycles. The van der Waals surface area contributed by atoms with Gasteiger partial charge in [-0.1, -0.05) is 95.0 Å². The van der Waals surface area contributed by atoms with E-state index in [-0.39, 0.29) is 64.4 Å². The third kappa shape index (κ3) is 18.9. The smallest absolute Gasteiger partial charge is 0.330 e. The lowest BCUT2D eigenvalue weighted by molar-refractivity contribution is -0.185. The van der Waals surface area contributed by atoms with Gasteiger partial charge in [-0.2, -0.15) is 0 Å². The van der Waals surface area contributed by atoms with Crippen molar-refractivity contribution >= 4 is 23.9 Å². The van der Waals surface area contributed by atoms with Crippen molar-refractivity contribution in [2.24, 2.45) is 11.3 Å². The zero-order valence-electron chi connectivity index (χ0n) is 38.7. The van der Waals surface area contributed by atoms with Crippen LogP contribution in [0.5, 0.6) is 5.75 Å². The van der Waals surface area contributed by atoms with Crippen molar-refractivity contribution < 1.29 is 67.7 Å². The summed E-state index contributed by atoms with van der Waals surface area (Å²) in [6.45, 7) is 8.59. The maximum absolute atomic E-state index is 13.6. The summed E-state index contributed by atoms with van der Waals surface area (Å²) in [5.74, 6) is -2.53. The molecule has 1 fully saturated rings. The fraction of sp³-hybridized carbons (Fsp3) is 0.600. The zero-order valence-corrected chi connectivity index (χ0v) is 38.7. The van der Waals surface area contributed by atoms with Gasteiger partial charge in [0.25, 0.3) is 0 Å². The molecule has 0 spiro atoms. The number of benzene rings is 2. The second-order valence-corrected chi connectivity index (χ2v) is 17.1. The summed E-state index contributed by atoms with van der Waals surface area (Å²) in [6, 6.07) is 17.4. The van der Waals surface area contributed by atoms with Crippen LogP contribution in [0.3, 0.4) is 0 Å². The fourth-order valence-corrected chi connectivity index (χ4v) is 7.70. The Kier molecular flexibility index (Phi) is 23.8. The Labute approximate surface area is 379 Å². The van der Waals surface area contributed by atoms with Crippen LogP contribution >= 0.6 is 0 Å². The highest BCUT2D eigenvalue weighted by Gasteiger charge is 2.56. The largest absolute Gasteiger partial charge is 0.497 e. The number of carboxylic acids is 1. The van der Waals surface area contributed by atoms with Crippen molar-refractivity contribution in [1.82, 2.24) is 0 Å². The molecule has 3 rings (SSSR count). The van der Waals surface area contributed by atoms with Crippen LogP contribution < -0.4 is 4.74 Å². The molecule has 0 amide bonds. The van der Waals surface area contributed by atoms with Gasteiger partial charge in [-0.05, 0) is 73.8 Å². The molecule has 0 aliphatic heterocycles. The van der Waals surface area contributed by atoms with E-state index < -0.39 is 59.3 Å². The maximum atomic E-state index is 13.6. The lowest BCUT2D eigenvalue weighted by atomic mass is 9.60. The number of carboxylic acid groups (broad SMARTS) is 1. The first kappa shape index (κ1) is 53.7. The van der Waals surface area contributed by atoms with Gasteiger partial charge in [-0.15, -0.1) is 0 Å². The number of esters is 3. The lowest BCUT2D eigenvalue weighted by Crippen LogP contribution is -2.59. The van der Waals surface area contributed by atoms with Crippen molar-refractivity contribution in [2.75, 3.05) is 34.0 Å². The summed E-state index contributed by atoms with van der Waals surface area (Å²) in [4.78, 5) is 50.3. The first-order valence-electron chi connectivity index (χ1n) is 22.5. The van der Waals surface area contributed by atoms with Crippen molar-refractivity contribution in [1.29, 1.82) is 0 Å². The van der Waals surface area contributed by atoms with E-state index in [1.54, 1.807) is 27.0 Å². The van der Waals surface area contributed by atoms with E-state index in [1.165, 1.54) is 19.3 Å². The van der Waals surface area contributed by atoms with Crippen molar-refractivity contribution in [3.05, 3.63) is 89.5 Å². The summed E-state index contributed by atoms with van der Waals surface area (Å²) < 4.78 is 40.5. The molecule has 356 valence electrons. The SMILES string of the molecule is CCCCCCCC(=O)O[C@H]1/C(=C/C(=O)OC)CC(C[C@@H](OCc2ccc(OC)cc2)[C@@H](C)OCc2ccccc2)C[C@@]1(O)C(C)(C)/C=C/C(=O)OCCCOCC[C@@H](O)CC(=O)O. The number of carbonyl (C=O) groups excluding carboxylic acids is 3. The third-order valence-corrected chi connectivity index (χ3v) is 11.6. The molecule has 0 aromatic heterocycles. The minimum absolute atomic E-state index is 0.0283. The van der Waals surface area contributed by atoms with Crippen LogP contribution in [0.4, 0.5) is 0 Å². The summed E-state index contributed by atoms with van der Waals surface area (Å²) in [7, 11) is 2.87. The van der Waals surface area contributed by atoms with E-state index in [1.807, 2.05) is 61.5 Å². The van der Waals surface area contributed by atoms with Crippen LogP contribution in [0.25, 0.3) is 0 Å². The van der Waals surface area contributed by atoms with Gasteiger partial charge in [0.2, 0.25) is 0 Å². The van der Waals surface area contributed by atoms with Gasteiger partial charge in [0.05, 0.1) is 58.8 Å². The first-order valence-corrected chi connectivity index (χ1v) is 22.5. The lowest BCUT2D eigenvalue weighted by Gasteiger charge is -2.51. The number of ether oxygens (including phenoxy) is 7. The summed E-state index contributed by atoms with van der Waals surface area (Å²) in [5, 5.41) is 31.6. The minimum Gasteiger partial charge on any atom is -0.497 e. The van der Waals surface area contributed by atoms with Crippen LogP contribution in [-0.4, -0.2) is 103 Å². The zero-order chi connectivity index (χ0) is 47.0. The van der Waals surface area contributed by atoms with Gasteiger partial charge < -0.3 is 48.5 Å². The number of methoxy groups -OCH3 is 2. The van der Waals surface area contributed by atoms with Gasteiger partial charge in [-0.25, -0.2) is 9.59 Å². The fourth-order valence-electron chi connectivity index (χ4n) is 7.70. The Morgan fingerprint density at radius 2 is 1.56 bits per heavy atom. The summed E-state index contributed by atoms with van der Waals surface area (Å²) in [5.41, 5.74) is -0.762. The van der Waals surface area contributed by atoms with Crippen molar-refractivity contribution in [3.63, 3.8) is 0 Å². The van der Waals surface area contributed by atoms with Crippen molar-refractivity contribution in [3.8, 4) is 5.75 Å². The van der Waals surface area contributed by atoms with E-state index in [0.29, 0.717) is 31.4 Å². The normalized spacial score (nSPS) is 19.8. The molecule has 0 radical (unpaired) electrons. The summed E-state index contributed by atoms with van der Waals surface area (Å²) >= 11 is 0. The maximum Gasteiger partial charge on any atom is 0.330 e. The number of aliphatic hydroxyl groups is 2. The summed E-state index contributed by atoms with van der Waals surface area (Å²) in [6.07, 6.45) is 6.58. The Morgan fingerprint density at radius 1 is 0.875 bits per heavy atom. The molecule has 2 aromatic carbocycles. The van der Waals surface area contributed by atoms with E-state index >= 15 is 0 Å². The van der Waals surface area contributed by atoms with Gasteiger partial charge in [0.1, 0.15) is 11.4 Å². The van der Waals surface area contributed by atoms with Crippen LogP contribution in [0.2, 0.25) is 0 Å². The molecule has 14 heteroatoms. The van der Waals surface area contributed by atoms with Crippen LogP contribution in [0, 0.1) is 11.3 Å². The molecule has 2 aromatic rings. The average Bonchev–Trinajstić information content (AvgIpc) is 3.27. The van der Waals surface area contributed by atoms with E-state index in [2.05, 4.69) is 6.92 Å². The van der Waals surface area contributed by atoms with Gasteiger partial charge in [0.15, 0.2) is 6.10 Å². The highest BCUT2D eigenvalue weighted by Crippen LogP contribution is 2.50. The van der Waals surface area contributed by atoms with E-state index in [9.17, 15) is 29.4 Å². The number of hydrogen-bond donors (Lipinski definition) is 3. The number of hydrogen-bond acceptors (Lipinski definition) is 13. The first-order chi connectivity index (χ1) is 30.6. The average molecular weight is 897 g/mol. The van der Waals surface area contributed by atoms with Gasteiger partial charge >= 0.3 is 23.9 Å². The molecule has 0 heterocycles. The second-order valence-electron chi connectivity index (χ2n) is 17.1. The predicted octanol–water partition coefficient (Wildman–Crippen LogP) is 7.85. The number of aliphatic hydroxyl groups excluding tert-OH is 1.